The van der Waals surface area contributed by atoms with Crippen molar-refractivity contribution in [3.8, 4) is 11.5 Å². The van der Waals surface area contributed by atoms with Crippen molar-refractivity contribution in [2.45, 2.75) is 72.1 Å². The van der Waals surface area contributed by atoms with Crippen molar-refractivity contribution in [3.63, 3.8) is 0 Å². The second kappa shape index (κ2) is 9.50. The fourth-order valence-corrected chi connectivity index (χ4v) is 2.77. The fourth-order valence-electron chi connectivity index (χ4n) is 2.77. The zero-order valence-corrected chi connectivity index (χ0v) is 14.2. The number of carbonyl (C=O) groups is 1. The molecular weight excluding hydrogens is 276 g/mol. The molecule has 3 nitrogen and oxygen atoms in total. The van der Waals surface area contributed by atoms with Gasteiger partial charge in [0.1, 0.15) is 11.5 Å². The van der Waals surface area contributed by atoms with Crippen LogP contribution in [0.3, 0.4) is 0 Å². The summed E-state index contributed by atoms with van der Waals surface area (Å²) in [5.74, 6) is -0.0284. The fraction of sp³-hybridized carbons (Fsp3) is 0.632. The van der Waals surface area contributed by atoms with E-state index in [9.17, 15) is 15.0 Å². The lowest BCUT2D eigenvalue weighted by Crippen LogP contribution is -2.15. The number of rotatable bonds is 10. The maximum atomic E-state index is 12.7. The largest absolute Gasteiger partial charge is 0.508 e. The number of carbonyl (C=O) groups excluding carboxylic acids is 1. The molecule has 3 heteroatoms. The Kier molecular flexibility index (Phi) is 8.00. The van der Waals surface area contributed by atoms with E-state index in [1.165, 1.54) is 25.0 Å². The lowest BCUT2D eigenvalue weighted by atomic mass is 9.87. The maximum Gasteiger partial charge on any atom is 0.169 e. The molecule has 0 aliphatic rings. The first-order valence-electron chi connectivity index (χ1n) is 8.58. The van der Waals surface area contributed by atoms with Gasteiger partial charge in [0.05, 0.1) is 5.56 Å². The van der Waals surface area contributed by atoms with E-state index in [1.807, 2.05) is 0 Å². The molecule has 0 aliphatic heterocycles. The first-order chi connectivity index (χ1) is 10.5. The number of aromatic hydroxyl groups is 2. The Bertz CT molecular complexity index is 480. The monoisotopic (exact) mass is 306 g/mol. The number of phenols is 2. The van der Waals surface area contributed by atoms with Crippen molar-refractivity contribution in [1.29, 1.82) is 0 Å². The van der Waals surface area contributed by atoms with Crippen molar-refractivity contribution in [2.24, 2.45) is 5.92 Å². The van der Waals surface area contributed by atoms with Gasteiger partial charge in [-0.3, -0.25) is 4.79 Å². The van der Waals surface area contributed by atoms with Crippen molar-refractivity contribution in [1.82, 2.24) is 0 Å². The van der Waals surface area contributed by atoms with Crippen LogP contribution in [-0.2, 0) is 0 Å². The van der Waals surface area contributed by atoms with Gasteiger partial charge in [0, 0.05) is 5.92 Å². The van der Waals surface area contributed by atoms with Gasteiger partial charge in [-0.1, -0.05) is 52.4 Å². The van der Waals surface area contributed by atoms with E-state index in [-0.39, 0.29) is 28.8 Å². The molecule has 1 rings (SSSR count). The van der Waals surface area contributed by atoms with Crippen molar-refractivity contribution < 1.29 is 15.0 Å². The summed E-state index contributed by atoms with van der Waals surface area (Å²) in [4.78, 5) is 12.7. The van der Waals surface area contributed by atoms with Crippen molar-refractivity contribution >= 4 is 5.78 Å². The minimum atomic E-state index is -0.0511. The molecule has 124 valence electrons. The number of hydrogen-bond donors (Lipinski definition) is 2. The minimum absolute atomic E-state index is 0.0182. The quantitative estimate of drug-likeness (QED) is 0.347. The molecule has 2 N–H and O–H groups in total. The van der Waals surface area contributed by atoms with Crippen LogP contribution in [0.5, 0.6) is 11.5 Å². The van der Waals surface area contributed by atoms with Crippen LogP contribution >= 0.6 is 0 Å². The normalized spacial score (nSPS) is 12.3. The van der Waals surface area contributed by atoms with Gasteiger partial charge in [0.25, 0.3) is 0 Å². The molecule has 0 radical (unpaired) electrons. The van der Waals surface area contributed by atoms with Crippen LogP contribution in [0.15, 0.2) is 12.1 Å². The Morgan fingerprint density at radius 1 is 0.955 bits per heavy atom. The van der Waals surface area contributed by atoms with Crippen LogP contribution < -0.4 is 0 Å². The Balaban J connectivity index is 2.83. The average molecular weight is 306 g/mol. The van der Waals surface area contributed by atoms with Crippen LogP contribution in [0.1, 0.15) is 81.1 Å². The highest BCUT2D eigenvalue weighted by Crippen LogP contribution is 2.31. The summed E-state index contributed by atoms with van der Waals surface area (Å²) < 4.78 is 0. The molecule has 22 heavy (non-hydrogen) atoms. The first-order valence-corrected chi connectivity index (χ1v) is 8.58. The summed E-state index contributed by atoms with van der Waals surface area (Å²) in [5, 5.41) is 19.9. The molecule has 0 bridgehead atoms. The van der Waals surface area contributed by atoms with Gasteiger partial charge >= 0.3 is 0 Å². The Labute approximate surface area is 134 Å². The van der Waals surface area contributed by atoms with Gasteiger partial charge in [-0.2, -0.15) is 0 Å². The molecule has 0 saturated heterocycles. The second-order valence-electron chi connectivity index (χ2n) is 6.21. The zero-order valence-electron chi connectivity index (χ0n) is 14.2. The molecule has 0 heterocycles. The molecule has 1 unspecified atom stereocenters. The van der Waals surface area contributed by atoms with Gasteiger partial charge in [-0.05, 0) is 37.5 Å². The van der Waals surface area contributed by atoms with Gasteiger partial charge in [-0.15, -0.1) is 0 Å². The summed E-state index contributed by atoms with van der Waals surface area (Å²) in [7, 11) is 0. The third-order valence-electron chi connectivity index (χ3n) is 4.26. The number of phenolic OH excluding ortho intramolecular Hbond substituents is 2. The highest BCUT2D eigenvalue weighted by Gasteiger charge is 2.23. The van der Waals surface area contributed by atoms with Gasteiger partial charge in [0.2, 0.25) is 0 Å². The second-order valence-corrected chi connectivity index (χ2v) is 6.21. The summed E-state index contributed by atoms with van der Waals surface area (Å²) in [5.41, 5.74) is 0.849. The summed E-state index contributed by atoms with van der Waals surface area (Å²) >= 11 is 0. The smallest absolute Gasteiger partial charge is 0.169 e. The third kappa shape index (κ3) is 5.36. The molecule has 1 aromatic carbocycles. The number of Topliss-reactive ketones (excluding diaryl/α,β-unsaturated/α-hetero) is 1. The van der Waals surface area contributed by atoms with Gasteiger partial charge in [0.15, 0.2) is 5.78 Å². The maximum absolute atomic E-state index is 12.7. The van der Waals surface area contributed by atoms with Crippen LogP contribution in [0, 0.1) is 12.8 Å². The molecule has 0 aliphatic carbocycles. The summed E-state index contributed by atoms with van der Waals surface area (Å²) in [6.45, 7) is 6.00. The molecule has 1 atom stereocenters. The van der Waals surface area contributed by atoms with E-state index in [1.54, 1.807) is 6.92 Å². The number of ketones is 1. The molecule has 0 fully saturated rings. The molecule has 0 spiro atoms. The average Bonchev–Trinajstić information content (AvgIpc) is 2.49. The topological polar surface area (TPSA) is 57.5 Å². The number of hydrogen-bond acceptors (Lipinski definition) is 3. The SMILES string of the molecule is CCCCCCC(CCCC)C(=O)c1cc(O)c(C)cc1O. The zero-order chi connectivity index (χ0) is 16.5. The van der Waals surface area contributed by atoms with E-state index in [4.69, 9.17) is 0 Å². The third-order valence-corrected chi connectivity index (χ3v) is 4.26. The number of unbranched alkanes of at least 4 members (excludes halogenated alkanes) is 4. The molecule has 1 aromatic rings. The summed E-state index contributed by atoms with van der Waals surface area (Å²) in [6, 6.07) is 2.88. The minimum Gasteiger partial charge on any atom is -0.508 e. The highest BCUT2D eigenvalue weighted by atomic mass is 16.3. The van der Waals surface area contributed by atoms with E-state index in [0.29, 0.717) is 5.56 Å². The van der Waals surface area contributed by atoms with Gasteiger partial charge in [-0.25, -0.2) is 0 Å². The predicted octanol–water partition coefficient (Wildman–Crippen LogP) is 5.37. The van der Waals surface area contributed by atoms with Crippen molar-refractivity contribution in [3.05, 3.63) is 23.3 Å². The van der Waals surface area contributed by atoms with E-state index in [2.05, 4.69) is 13.8 Å². The van der Waals surface area contributed by atoms with E-state index in [0.717, 1.165) is 38.5 Å². The lowest BCUT2D eigenvalue weighted by Gasteiger charge is -2.17. The summed E-state index contributed by atoms with van der Waals surface area (Å²) in [6.07, 6.45) is 8.38. The first kappa shape index (κ1) is 18.5. The van der Waals surface area contributed by atoms with Gasteiger partial charge < -0.3 is 10.2 Å². The molecule has 0 saturated carbocycles. The van der Waals surface area contributed by atoms with Crippen LogP contribution in [0.2, 0.25) is 0 Å². The van der Waals surface area contributed by atoms with E-state index >= 15 is 0 Å². The Hall–Kier alpha value is -1.51. The Morgan fingerprint density at radius 3 is 2.23 bits per heavy atom. The van der Waals surface area contributed by atoms with Crippen LogP contribution in [-0.4, -0.2) is 16.0 Å². The highest BCUT2D eigenvalue weighted by molar-refractivity contribution is 6.00. The number of benzene rings is 1. The number of aryl methyl sites for hydroxylation is 1. The van der Waals surface area contributed by atoms with E-state index < -0.39 is 0 Å². The van der Waals surface area contributed by atoms with Crippen molar-refractivity contribution in [2.75, 3.05) is 0 Å². The molecule has 0 aromatic heterocycles. The van der Waals surface area contributed by atoms with Crippen LogP contribution in [0.25, 0.3) is 0 Å². The standard InChI is InChI=1S/C19H30O3/c1-4-6-8-9-11-15(10-7-5-2)19(22)16-13-17(20)14(3)12-18(16)21/h12-13,15,20-21H,4-11H2,1-3H3. The lowest BCUT2D eigenvalue weighted by molar-refractivity contribution is 0.0899. The molecule has 0 amide bonds. The molecular formula is C19H30O3. The predicted molar refractivity (Wildman–Crippen MR) is 90.6 cm³/mol. The van der Waals surface area contributed by atoms with Crippen LogP contribution in [0.4, 0.5) is 0 Å². The Morgan fingerprint density at radius 2 is 1.59 bits per heavy atom.